The Kier molecular flexibility index (Phi) is 6.00. The predicted molar refractivity (Wildman–Crippen MR) is 105 cm³/mol. The van der Waals surface area contributed by atoms with E-state index in [2.05, 4.69) is 26.0 Å². The maximum atomic E-state index is 13.0. The van der Waals surface area contributed by atoms with Gasteiger partial charge in [-0.15, -0.1) is 0 Å². The first kappa shape index (κ1) is 18.9. The molecule has 3 unspecified atom stereocenters. The predicted octanol–water partition coefficient (Wildman–Crippen LogP) is 4.96. The first-order valence-corrected chi connectivity index (χ1v) is 9.58. The second-order valence-corrected chi connectivity index (χ2v) is 7.55. The van der Waals surface area contributed by atoms with Crippen LogP contribution in [0.4, 0.5) is 0 Å². The van der Waals surface area contributed by atoms with Crippen LogP contribution in [0.3, 0.4) is 0 Å². The molecular weight excluding hydrogens is 346 g/mol. The minimum atomic E-state index is -0.0785. The van der Waals surface area contributed by atoms with Crippen molar-refractivity contribution in [1.82, 2.24) is 4.90 Å². The summed E-state index contributed by atoms with van der Waals surface area (Å²) in [5, 5.41) is 0.757. The SMILES string of the molecule is Cc1ccc(CCC(=O)N2C(C)COC(c3ccccc3)C2C)cc1Cl. The lowest BCUT2D eigenvalue weighted by molar-refractivity contribution is -0.153. The van der Waals surface area contributed by atoms with Crippen molar-refractivity contribution in [3.8, 4) is 0 Å². The van der Waals surface area contributed by atoms with E-state index >= 15 is 0 Å². The van der Waals surface area contributed by atoms with E-state index in [1.54, 1.807) is 0 Å². The first-order valence-electron chi connectivity index (χ1n) is 9.20. The van der Waals surface area contributed by atoms with E-state index in [0.717, 1.165) is 21.7 Å². The van der Waals surface area contributed by atoms with Crippen molar-refractivity contribution in [1.29, 1.82) is 0 Å². The summed E-state index contributed by atoms with van der Waals surface area (Å²) in [6.07, 6.45) is 1.10. The zero-order chi connectivity index (χ0) is 18.7. The number of carbonyl (C=O) groups is 1. The molecule has 0 radical (unpaired) electrons. The van der Waals surface area contributed by atoms with Crippen LogP contribution in [0.25, 0.3) is 0 Å². The molecule has 2 aromatic rings. The van der Waals surface area contributed by atoms with Crippen molar-refractivity contribution >= 4 is 17.5 Å². The van der Waals surface area contributed by atoms with Crippen molar-refractivity contribution in [2.45, 2.75) is 51.8 Å². The third-order valence-corrected chi connectivity index (χ3v) is 5.56. The maximum absolute atomic E-state index is 13.0. The number of amides is 1. The highest BCUT2D eigenvalue weighted by Gasteiger charge is 2.36. The van der Waals surface area contributed by atoms with E-state index in [1.807, 2.05) is 48.2 Å². The Morgan fingerprint density at radius 2 is 1.92 bits per heavy atom. The highest BCUT2D eigenvalue weighted by molar-refractivity contribution is 6.31. The standard InChI is InChI=1S/C22H26ClNO2/c1-15-9-10-18(13-20(15)23)11-12-21(25)24-16(2)14-26-22(17(24)3)19-7-5-4-6-8-19/h4-10,13,16-17,22H,11-12,14H2,1-3H3. The summed E-state index contributed by atoms with van der Waals surface area (Å²) in [6, 6.07) is 16.3. The van der Waals surface area contributed by atoms with Gasteiger partial charge in [-0.2, -0.15) is 0 Å². The fraction of sp³-hybridized carbons (Fsp3) is 0.409. The molecule has 0 bridgehead atoms. The van der Waals surface area contributed by atoms with Crippen molar-refractivity contribution < 1.29 is 9.53 Å². The molecule has 1 saturated heterocycles. The van der Waals surface area contributed by atoms with Gasteiger partial charge in [0.15, 0.2) is 0 Å². The largest absolute Gasteiger partial charge is 0.369 e. The molecular formula is C22H26ClNO2. The van der Waals surface area contributed by atoms with Crippen LogP contribution in [0.15, 0.2) is 48.5 Å². The lowest BCUT2D eigenvalue weighted by atomic mass is 9.97. The third kappa shape index (κ3) is 4.11. The number of ether oxygens (including phenoxy) is 1. The highest BCUT2D eigenvalue weighted by Crippen LogP contribution is 2.31. The summed E-state index contributed by atoms with van der Waals surface area (Å²) in [4.78, 5) is 15.0. The molecule has 3 nitrogen and oxygen atoms in total. The Bertz CT molecular complexity index is 762. The summed E-state index contributed by atoms with van der Waals surface area (Å²) >= 11 is 6.20. The van der Waals surface area contributed by atoms with Crippen LogP contribution in [0, 0.1) is 6.92 Å². The van der Waals surface area contributed by atoms with Crippen molar-refractivity contribution in [3.63, 3.8) is 0 Å². The lowest BCUT2D eigenvalue weighted by Gasteiger charge is -2.44. The zero-order valence-corrected chi connectivity index (χ0v) is 16.4. The number of rotatable bonds is 4. The van der Waals surface area contributed by atoms with Crippen LogP contribution in [0.2, 0.25) is 5.02 Å². The number of nitrogens with zero attached hydrogens (tertiary/aromatic N) is 1. The molecule has 1 aliphatic heterocycles. The minimum absolute atomic E-state index is 0.00950. The molecule has 1 heterocycles. The summed E-state index contributed by atoms with van der Waals surface area (Å²) in [7, 11) is 0. The lowest BCUT2D eigenvalue weighted by Crippen LogP contribution is -2.53. The Morgan fingerprint density at radius 1 is 1.19 bits per heavy atom. The van der Waals surface area contributed by atoms with Gasteiger partial charge in [0.2, 0.25) is 5.91 Å². The summed E-state index contributed by atoms with van der Waals surface area (Å²) in [6.45, 7) is 6.68. The third-order valence-electron chi connectivity index (χ3n) is 5.15. The van der Waals surface area contributed by atoms with Crippen LogP contribution in [-0.4, -0.2) is 29.5 Å². The van der Waals surface area contributed by atoms with Gasteiger partial charge in [-0.3, -0.25) is 4.79 Å². The summed E-state index contributed by atoms with van der Waals surface area (Å²) in [5.74, 6) is 0.172. The smallest absolute Gasteiger partial charge is 0.223 e. The molecule has 0 saturated carbocycles. The molecule has 1 aliphatic rings. The number of benzene rings is 2. The van der Waals surface area contributed by atoms with Gasteiger partial charge < -0.3 is 9.64 Å². The highest BCUT2D eigenvalue weighted by atomic mass is 35.5. The van der Waals surface area contributed by atoms with Crippen LogP contribution in [0.5, 0.6) is 0 Å². The van der Waals surface area contributed by atoms with Crippen molar-refractivity contribution in [2.24, 2.45) is 0 Å². The van der Waals surface area contributed by atoms with Gasteiger partial charge in [-0.1, -0.05) is 54.1 Å². The molecule has 3 atom stereocenters. The van der Waals surface area contributed by atoms with Gasteiger partial charge in [-0.25, -0.2) is 0 Å². The number of hydrogen-bond acceptors (Lipinski definition) is 2. The van der Waals surface area contributed by atoms with Gasteiger partial charge in [-0.05, 0) is 49.9 Å². The molecule has 0 aliphatic carbocycles. The molecule has 138 valence electrons. The Hall–Kier alpha value is -1.84. The van der Waals surface area contributed by atoms with Crippen LogP contribution in [0.1, 0.15) is 43.1 Å². The molecule has 1 amide bonds. The van der Waals surface area contributed by atoms with E-state index in [1.165, 1.54) is 0 Å². The van der Waals surface area contributed by atoms with Gasteiger partial charge in [0, 0.05) is 11.4 Å². The quantitative estimate of drug-likeness (QED) is 0.760. The number of halogens is 1. The average molecular weight is 372 g/mol. The summed E-state index contributed by atoms with van der Waals surface area (Å²) < 4.78 is 6.05. The molecule has 4 heteroatoms. The second kappa shape index (κ2) is 8.24. The van der Waals surface area contributed by atoms with E-state index in [4.69, 9.17) is 16.3 Å². The van der Waals surface area contributed by atoms with E-state index in [9.17, 15) is 4.79 Å². The van der Waals surface area contributed by atoms with Crippen molar-refractivity contribution in [3.05, 3.63) is 70.2 Å². The monoisotopic (exact) mass is 371 g/mol. The maximum Gasteiger partial charge on any atom is 0.223 e. The van der Waals surface area contributed by atoms with Gasteiger partial charge in [0.25, 0.3) is 0 Å². The number of morpholine rings is 1. The van der Waals surface area contributed by atoms with Crippen LogP contribution in [-0.2, 0) is 16.0 Å². The Balaban J connectivity index is 1.69. The molecule has 3 rings (SSSR count). The number of hydrogen-bond donors (Lipinski definition) is 0. The Morgan fingerprint density at radius 3 is 2.62 bits per heavy atom. The van der Waals surface area contributed by atoms with Gasteiger partial charge in [0.05, 0.1) is 18.7 Å². The first-order chi connectivity index (χ1) is 12.5. The Labute approximate surface area is 160 Å². The molecule has 0 N–H and O–H groups in total. The molecule has 2 aromatic carbocycles. The number of aryl methyl sites for hydroxylation is 2. The fourth-order valence-electron chi connectivity index (χ4n) is 3.67. The normalized spacial score (nSPS) is 23.1. The summed E-state index contributed by atoms with van der Waals surface area (Å²) in [5.41, 5.74) is 3.28. The average Bonchev–Trinajstić information content (AvgIpc) is 2.63. The fourth-order valence-corrected chi connectivity index (χ4v) is 3.88. The molecule has 0 spiro atoms. The van der Waals surface area contributed by atoms with Crippen LogP contribution >= 0.6 is 11.6 Å². The minimum Gasteiger partial charge on any atom is -0.369 e. The molecule has 1 fully saturated rings. The molecule has 0 aromatic heterocycles. The van der Waals surface area contributed by atoms with E-state index in [-0.39, 0.29) is 24.1 Å². The molecule has 26 heavy (non-hydrogen) atoms. The van der Waals surface area contributed by atoms with Crippen LogP contribution < -0.4 is 0 Å². The second-order valence-electron chi connectivity index (χ2n) is 7.14. The van der Waals surface area contributed by atoms with Crippen molar-refractivity contribution in [2.75, 3.05) is 6.61 Å². The van der Waals surface area contributed by atoms with Gasteiger partial charge in [0.1, 0.15) is 6.10 Å². The topological polar surface area (TPSA) is 29.5 Å². The van der Waals surface area contributed by atoms with E-state index in [0.29, 0.717) is 19.4 Å². The number of carbonyl (C=O) groups excluding carboxylic acids is 1. The van der Waals surface area contributed by atoms with E-state index < -0.39 is 0 Å². The van der Waals surface area contributed by atoms with Gasteiger partial charge >= 0.3 is 0 Å². The zero-order valence-electron chi connectivity index (χ0n) is 15.6.